The molecule has 0 bridgehead atoms. The topological polar surface area (TPSA) is 57.8 Å². The Labute approximate surface area is 108 Å². The molecule has 0 saturated carbocycles. The Morgan fingerprint density at radius 1 is 1.16 bits per heavy atom. The minimum absolute atomic E-state index is 0.188. The molecule has 5 heteroatoms. The molecule has 0 aliphatic heterocycles. The summed E-state index contributed by atoms with van der Waals surface area (Å²) in [5.74, 6) is -0.768. The van der Waals surface area contributed by atoms with E-state index in [1.807, 2.05) is 12.1 Å². The largest absolute Gasteiger partial charge is 0.361 e. The van der Waals surface area contributed by atoms with E-state index < -0.39 is 5.95 Å². The molecule has 0 aliphatic carbocycles. The average molecular weight is 255 g/mol. The Hall–Kier alpha value is -2.69. The van der Waals surface area contributed by atoms with Crippen LogP contribution in [0.4, 0.5) is 10.2 Å². The van der Waals surface area contributed by atoms with Crippen molar-refractivity contribution in [1.29, 1.82) is 0 Å². The van der Waals surface area contributed by atoms with Crippen molar-refractivity contribution in [2.75, 3.05) is 5.32 Å². The van der Waals surface area contributed by atoms with Crippen LogP contribution in [0.25, 0.3) is 10.9 Å². The number of aromatic nitrogens is 2. The zero-order valence-corrected chi connectivity index (χ0v) is 9.85. The predicted octanol–water partition coefficient (Wildman–Crippen LogP) is 2.95. The number of carbonyl (C=O) groups is 1. The molecule has 0 radical (unpaired) electrons. The molecular weight excluding hydrogens is 245 g/mol. The third kappa shape index (κ3) is 2.18. The number of fused-ring (bicyclic) bond motifs is 1. The second-order valence-corrected chi connectivity index (χ2v) is 4.05. The van der Waals surface area contributed by atoms with Gasteiger partial charge in [0.05, 0.1) is 11.1 Å². The minimum atomic E-state index is -0.629. The molecule has 1 aromatic carbocycles. The number of carbonyl (C=O) groups excluding carboxylic acids is 1. The van der Waals surface area contributed by atoms with Gasteiger partial charge in [0, 0.05) is 11.6 Å². The third-order valence-corrected chi connectivity index (χ3v) is 2.79. The Balaban J connectivity index is 1.94. The molecule has 0 aliphatic rings. The van der Waals surface area contributed by atoms with Crippen molar-refractivity contribution >= 4 is 22.6 Å². The number of aromatic amines is 1. The summed E-state index contributed by atoms with van der Waals surface area (Å²) < 4.78 is 13.0. The van der Waals surface area contributed by atoms with Crippen molar-refractivity contribution in [3.8, 4) is 0 Å². The van der Waals surface area contributed by atoms with Crippen LogP contribution in [0, 0.1) is 5.95 Å². The standard InChI is InChI=1S/C14H10FN3O/c15-11-5-2-6-12(17-11)18-14(19)10-4-1-3-9-7-8-16-13(9)10/h1-8,16H,(H,17,18,19). The fourth-order valence-electron chi connectivity index (χ4n) is 1.94. The number of nitrogens with one attached hydrogen (secondary N) is 2. The highest BCUT2D eigenvalue weighted by Crippen LogP contribution is 2.18. The Bertz CT molecular complexity index is 751. The highest BCUT2D eigenvalue weighted by molar-refractivity contribution is 6.11. The lowest BCUT2D eigenvalue weighted by Crippen LogP contribution is -2.13. The molecule has 3 aromatic rings. The van der Waals surface area contributed by atoms with E-state index in [2.05, 4.69) is 15.3 Å². The van der Waals surface area contributed by atoms with Crippen LogP contribution in [0.1, 0.15) is 10.4 Å². The first kappa shape index (κ1) is 11.4. The van der Waals surface area contributed by atoms with Gasteiger partial charge in [-0.15, -0.1) is 0 Å². The van der Waals surface area contributed by atoms with Gasteiger partial charge in [0.2, 0.25) is 5.95 Å². The van der Waals surface area contributed by atoms with E-state index in [0.29, 0.717) is 5.56 Å². The second-order valence-electron chi connectivity index (χ2n) is 4.05. The minimum Gasteiger partial charge on any atom is -0.361 e. The molecule has 2 aromatic heterocycles. The van der Waals surface area contributed by atoms with Crippen molar-refractivity contribution in [1.82, 2.24) is 9.97 Å². The molecule has 19 heavy (non-hydrogen) atoms. The van der Waals surface area contributed by atoms with Gasteiger partial charge in [0.25, 0.3) is 5.91 Å². The molecule has 0 unspecified atom stereocenters. The van der Waals surface area contributed by atoms with Gasteiger partial charge in [-0.25, -0.2) is 4.98 Å². The highest BCUT2D eigenvalue weighted by atomic mass is 19.1. The molecule has 0 saturated heterocycles. The number of benzene rings is 1. The highest BCUT2D eigenvalue weighted by Gasteiger charge is 2.11. The summed E-state index contributed by atoms with van der Waals surface area (Å²) in [7, 11) is 0. The lowest BCUT2D eigenvalue weighted by molar-refractivity contribution is 0.102. The van der Waals surface area contributed by atoms with Gasteiger partial charge in [-0.1, -0.05) is 18.2 Å². The fraction of sp³-hybridized carbons (Fsp3) is 0. The molecule has 4 nitrogen and oxygen atoms in total. The first-order valence-electron chi connectivity index (χ1n) is 5.74. The van der Waals surface area contributed by atoms with E-state index >= 15 is 0 Å². The van der Waals surface area contributed by atoms with Gasteiger partial charge in [0.15, 0.2) is 0 Å². The number of halogens is 1. The Morgan fingerprint density at radius 2 is 2.00 bits per heavy atom. The zero-order chi connectivity index (χ0) is 13.2. The van der Waals surface area contributed by atoms with Gasteiger partial charge in [-0.05, 0) is 24.3 Å². The quantitative estimate of drug-likeness (QED) is 0.692. The summed E-state index contributed by atoms with van der Waals surface area (Å²) in [6, 6.07) is 11.5. The van der Waals surface area contributed by atoms with Crippen LogP contribution in [0.5, 0.6) is 0 Å². The molecule has 0 atom stereocenters. The van der Waals surface area contributed by atoms with Gasteiger partial charge in [-0.2, -0.15) is 4.39 Å². The number of anilines is 1. The van der Waals surface area contributed by atoms with E-state index in [9.17, 15) is 9.18 Å². The number of H-pyrrole nitrogens is 1. The lowest BCUT2D eigenvalue weighted by atomic mass is 10.1. The number of pyridine rings is 1. The molecule has 2 heterocycles. The summed E-state index contributed by atoms with van der Waals surface area (Å²) in [4.78, 5) is 18.8. The molecular formula is C14H10FN3O. The molecule has 2 N–H and O–H groups in total. The molecule has 3 rings (SSSR count). The summed E-state index contributed by atoms with van der Waals surface area (Å²) in [6.45, 7) is 0. The number of para-hydroxylation sites is 1. The number of amides is 1. The Morgan fingerprint density at radius 3 is 2.84 bits per heavy atom. The Kier molecular flexibility index (Phi) is 2.72. The first-order valence-corrected chi connectivity index (χ1v) is 5.74. The smallest absolute Gasteiger partial charge is 0.258 e. The van der Waals surface area contributed by atoms with Crippen LogP contribution in [-0.2, 0) is 0 Å². The first-order chi connectivity index (χ1) is 9.24. The van der Waals surface area contributed by atoms with Gasteiger partial charge in [0.1, 0.15) is 5.82 Å². The van der Waals surface area contributed by atoms with Gasteiger partial charge >= 0.3 is 0 Å². The molecule has 94 valence electrons. The van der Waals surface area contributed by atoms with Crippen molar-refractivity contribution < 1.29 is 9.18 Å². The van der Waals surface area contributed by atoms with Crippen LogP contribution in [0.2, 0.25) is 0 Å². The molecule has 0 spiro atoms. The number of rotatable bonds is 2. The summed E-state index contributed by atoms with van der Waals surface area (Å²) in [6.07, 6.45) is 1.77. The second kappa shape index (κ2) is 4.53. The van der Waals surface area contributed by atoms with Crippen molar-refractivity contribution in [2.45, 2.75) is 0 Å². The summed E-state index contributed by atoms with van der Waals surface area (Å²) in [5, 5.41) is 3.52. The third-order valence-electron chi connectivity index (χ3n) is 2.79. The molecule has 1 amide bonds. The average Bonchev–Trinajstić information content (AvgIpc) is 2.86. The van der Waals surface area contributed by atoms with Crippen molar-refractivity contribution in [3.63, 3.8) is 0 Å². The maximum atomic E-state index is 13.0. The van der Waals surface area contributed by atoms with E-state index in [1.165, 1.54) is 18.2 Å². The van der Waals surface area contributed by atoms with E-state index in [1.54, 1.807) is 18.3 Å². The SMILES string of the molecule is O=C(Nc1cccc(F)n1)c1cccc2cc[nH]c12. The predicted molar refractivity (Wildman–Crippen MR) is 70.4 cm³/mol. The van der Waals surface area contributed by atoms with Crippen molar-refractivity contribution in [3.05, 3.63) is 60.2 Å². The van der Waals surface area contributed by atoms with E-state index in [0.717, 1.165) is 10.9 Å². The van der Waals surface area contributed by atoms with E-state index in [4.69, 9.17) is 0 Å². The number of hydrogen-bond acceptors (Lipinski definition) is 2. The van der Waals surface area contributed by atoms with Crippen LogP contribution < -0.4 is 5.32 Å². The lowest BCUT2D eigenvalue weighted by Gasteiger charge is -2.05. The van der Waals surface area contributed by atoms with Crippen LogP contribution in [0.3, 0.4) is 0 Å². The fourth-order valence-corrected chi connectivity index (χ4v) is 1.94. The number of nitrogens with zero attached hydrogens (tertiary/aromatic N) is 1. The van der Waals surface area contributed by atoms with Crippen LogP contribution in [-0.4, -0.2) is 15.9 Å². The van der Waals surface area contributed by atoms with Crippen molar-refractivity contribution in [2.24, 2.45) is 0 Å². The molecule has 0 fully saturated rings. The normalized spacial score (nSPS) is 10.6. The number of hydrogen-bond donors (Lipinski definition) is 2. The van der Waals surface area contributed by atoms with E-state index in [-0.39, 0.29) is 11.7 Å². The van der Waals surface area contributed by atoms with Gasteiger partial charge in [-0.3, -0.25) is 4.79 Å². The zero-order valence-electron chi connectivity index (χ0n) is 9.85. The maximum Gasteiger partial charge on any atom is 0.258 e. The van der Waals surface area contributed by atoms with Crippen LogP contribution >= 0.6 is 0 Å². The summed E-state index contributed by atoms with van der Waals surface area (Å²) >= 11 is 0. The van der Waals surface area contributed by atoms with Gasteiger partial charge < -0.3 is 10.3 Å². The summed E-state index contributed by atoms with van der Waals surface area (Å²) in [5.41, 5.74) is 1.24. The van der Waals surface area contributed by atoms with Crippen LogP contribution in [0.15, 0.2) is 48.7 Å². The maximum absolute atomic E-state index is 13.0. The monoisotopic (exact) mass is 255 g/mol.